The molecule has 0 heterocycles. The van der Waals surface area contributed by atoms with Gasteiger partial charge in [-0.1, -0.05) is 19.1 Å². The molecule has 0 bridgehead atoms. The maximum atomic E-state index is 9.26. The number of rotatable bonds is 7. The summed E-state index contributed by atoms with van der Waals surface area (Å²) in [4.78, 5) is 0. The number of hydrogen-bond donors (Lipinski definition) is 2. The fraction of sp³-hybridized carbons (Fsp3) is 0.500. The summed E-state index contributed by atoms with van der Waals surface area (Å²) in [6.45, 7) is 3.02. The lowest BCUT2D eigenvalue weighted by atomic mass is 10.3. The zero-order valence-electron chi connectivity index (χ0n) is 9.77. The molecule has 4 nitrogen and oxygen atoms in total. The van der Waals surface area contributed by atoms with Crippen molar-refractivity contribution in [2.45, 2.75) is 19.6 Å². The Hall–Kier alpha value is -1.26. The van der Waals surface area contributed by atoms with E-state index in [4.69, 9.17) is 9.47 Å². The fourth-order valence-electron chi connectivity index (χ4n) is 1.27. The lowest BCUT2D eigenvalue weighted by Crippen LogP contribution is -2.31. The van der Waals surface area contributed by atoms with Crippen molar-refractivity contribution < 1.29 is 14.6 Å². The summed E-state index contributed by atoms with van der Waals surface area (Å²) in [6.07, 6.45) is 0.232. The van der Waals surface area contributed by atoms with E-state index in [9.17, 15) is 5.11 Å². The summed E-state index contributed by atoms with van der Waals surface area (Å²) in [7, 11) is 1.61. The Morgan fingerprint density at radius 3 is 2.62 bits per heavy atom. The van der Waals surface area contributed by atoms with Crippen LogP contribution >= 0.6 is 0 Å². The number of ether oxygens (including phenoxy) is 2. The second-order valence-corrected chi connectivity index (χ2v) is 3.38. The maximum Gasteiger partial charge on any atom is 0.161 e. The second-order valence-electron chi connectivity index (χ2n) is 3.38. The SMILES string of the molecule is CCC(O)NCCOc1ccccc1OC. The lowest BCUT2D eigenvalue weighted by molar-refractivity contribution is 0.126. The zero-order valence-corrected chi connectivity index (χ0v) is 9.77. The van der Waals surface area contributed by atoms with E-state index in [1.54, 1.807) is 7.11 Å². The third-order valence-corrected chi connectivity index (χ3v) is 2.20. The minimum atomic E-state index is -0.457. The first kappa shape index (κ1) is 12.8. The van der Waals surface area contributed by atoms with E-state index in [1.807, 2.05) is 31.2 Å². The van der Waals surface area contributed by atoms with E-state index in [2.05, 4.69) is 5.32 Å². The normalized spacial score (nSPS) is 12.2. The van der Waals surface area contributed by atoms with Gasteiger partial charge in [0.1, 0.15) is 12.8 Å². The zero-order chi connectivity index (χ0) is 11.8. The predicted octanol–water partition coefficient (Wildman–Crippen LogP) is 1.39. The first-order valence-corrected chi connectivity index (χ1v) is 5.45. The summed E-state index contributed by atoms with van der Waals surface area (Å²) in [5, 5.41) is 12.2. The standard InChI is InChI=1S/C12H19NO3/c1-3-12(14)13-8-9-16-11-7-5-4-6-10(11)15-2/h4-7,12-14H,3,8-9H2,1-2H3. The van der Waals surface area contributed by atoms with Crippen molar-refractivity contribution in [2.75, 3.05) is 20.3 Å². The van der Waals surface area contributed by atoms with Crippen LogP contribution in [0, 0.1) is 0 Å². The highest BCUT2D eigenvalue weighted by Gasteiger charge is 2.02. The first-order chi connectivity index (χ1) is 7.77. The third-order valence-electron chi connectivity index (χ3n) is 2.20. The summed E-state index contributed by atoms with van der Waals surface area (Å²) >= 11 is 0. The number of para-hydroxylation sites is 2. The van der Waals surface area contributed by atoms with E-state index in [0.717, 1.165) is 11.5 Å². The minimum absolute atomic E-state index is 0.457. The van der Waals surface area contributed by atoms with E-state index >= 15 is 0 Å². The van der Waals surface area contributed by atoms with Crippen LogP contribution in [-0.2, 0) is 0 Å². The molecule has 0 aromatic heterocycles. The van der Waals surface area contributed by atoms with Gasteiger partial charge in [0.15, 0.2) is 11.5 Å². The highest BCUT2D eigenvalue weighted by atomic mass is 16.5. The fourth-order valence-corrected chi connectivity index (χ4v) is 1.27. The van der Waals surface area contributed by atoms with Gasteiger partial charge in [0.05, 0.1) is 7.11 Å². The van der Waals surface area contributed by atoms with Crippen molar-refractivity contribution in [1.29, 1.82) is 0 Å². The summed E-state index contributed by atoms with van der Waals surface area (Å²) in [5.74, 6) is 1.44. The van der Waals surface area contributed by atoms with Crippen LogP contribution in [0.3, 0.4) is 0 Å². The molecule has 1 atom stereocenters. The van der Waals surface area contributed by atoms with Crippen LogP contribution in [-0.4, -0.2) is 31.6 Å². The van der Waals surface area contributed by atoms with Crippen LogP contribution < -0.4 is 14.8 Å². The van der Waals surface area contributed by atoms with Crippen LogP contribution in [0.2, 0.25) is 0 Å². The van der Waals surface area contributed by atoms with Gasteiger partial charge in [-0.15, -0.1) is 0 Å². The molecule has 2 N–H and O–H groups in total. The number of aliphatic hydroxyl groups is 1. The van der Waals surface area contributed by atoms with E-state index in [0.29, 0.717) is 19.6 Å². The minimum Gasteiger partial charge on any atom is -0.493 e. The summed E-state index contributed by atoms with van der Waals surface area (Å²) < 4.78 is 10.7. The topological polar surface area (TPSA) is 50.7 Å². The molecule has 0 radical (unpaired) electrons. The van der Waals surface area contributed by atoms with Gasteiger partial charge in [-0.2, -0.15) is 0 Å². The van der Waals surface area contributed by atoms with Gasteiger partial charge in [0.2, 0.25) is 0 Å². The molecule has 0 aliphatic rings. The highest BCUT2D eigenvalue weighted by Crippen LogP contribution is 2.25. The molecule has 0 saturated heterocycles. The molecule has 0 spiro atoms. The number of benzene rings is 1. The molecule has 0 aliphatic carbocycles. The predicted molar refractivity (Wildman–Crippen MR) is 62.8 cm³/mol. The molecular formula is C12H19NO3. The maximum absolute atomic E-state index is 9.26. The number of nitrogens with one attached hydrogen (secondary N) is 1. The monoisotopic (exact) mass is 225 g/mol. The van der Waals surface area contributed by atoms with E-state index in [-0.39, 0.29) is 0 Å². The largest absolute Gasteiger partial charge is 0.493 e. The highest BCUT2D eigenvalue weighted by molar-refractivity contribution is 5.39. The second kappa shape index (κ2) is 7.09. The smallest absolute Gasteiger partial charge is 0.161 e. The van der Waals surface area contributed by atoms with Crippen molar-refractivity contribution in [3.05, 3.63) is 24.3 Å². The number of aliphatic hydroxyl groups excluding tert-OH is 1. The van der Waals surface area contributed by atoms with Crippen molar-refractivity contribution in [2.24, 2.45) is 0 Å². The Morgan fingerprint density at radius 1 is 1.31 bits per heavy atom. The van der Waals surface area contributed by atoms with Gasteiger partial charge in [-0.25, -0.2) is 0 Å². The molecule has 0 aliphatic heterocycles. The first-order valence-electron chi connectivity index (χ1n) is 5.45. The average molecular weight is 225 g/mol. The molecule has 4 heteroatoms. The molecule has 1 rings (SSSR count). The Labute approximate surface area is 96.2 Å². The van der Waals surface area contributed by atoms with Crippen LogP contribution in [0.1, 0.15) is 13.3 Å². The summed E-state index contributed by atoms with van der Waals surface area (Å²) in [6, 6.07) is 7.50. The molecular weight excluding hydrogens is 206 g/mol. The van der Waals surface area contributed by atoms with Crippen molar-refractivity contribution in [3.8, 4) is 11.5 Å². The molecule has 1 unspecified atom stereocenters. The van der Waals surface area contributed by atoms with Crippen molar-refractivity contribution in [1.82, 2.24) is 5.32 Å². The Kier molecular flexibility index (Phi) is 5.67. The Bertz CT molecular complexity index is 304. The van der Waals surface area contributed by atoms with Crippen LogP contribution in [0.4, 0.5) is 0 Å². The molecule has 0 fully saturated rings. The van der Waals surface area contributed by atoms with Crippen molar-refractivity contribution >= 4 is 0 Å². The van der Waals surface area contributed by atoms with Crippen LogP contribution in [0.25, 0.3) is 0 Å². The van der Waals surface area contributed by atoms with Gasteiger partial charge < -0.3 is 14.6 Å². The molecule has 0 saturated carbocycles. The Morgan fingerprint density at radius 2 is 2.00 bits per heavy atom. The lowest BCUT2D eigenvalue weighted by Gasteiger charge is -2.12. The van der Waals surface area contributed by atoms with Gasteiger partial charge in [0.25, 0.3) is 0 Å². The van der Waals surface area contributed by atoms with E-state index < -0.39 is 6.23 Å². The molecule has 1 aromatic carbocycles. The average Bonchev–Trinajstić information content (AvgIpc) is 2.34. The number of hydrogen-bond acceptors (Lipinski definition) is 4. The Balaban J connectivity index is 2.31. The quantitative estimate of drug-likeness (QED) is 0.544. The van der Waals surface area contributed by atoms with Crippen molar-refractivity contribution in [3.63, 3.8) is 0 Å². The van der Waals surface area contributed by atoms with E-state index in [1.165, 1.54) is 0 Å². The molecule has 90 valence electrons. The molecule has 1 aromatic rings. The molecule has 0 amide bonds. The van der Waals surface area contributed by atoms with Crippen LogP contribution in [0.5, 0.6) is 11.5 Å². The number of methoxy groups -OCH3 is 1. The van der Waals surface area contributed by atoms with Crippen LogP contribution in [0.15, 0.2) is 24.3 Å². The third kappa shape index (κ3) is 4.08. The molecule has 16 heavy (non-hydrogen) atoms. The summed E-state index contributed by atoms with van der Waals surface area (Å²) in [5.41, 5.74) is 0. The van der Waals surface area contributed by atoms with Gasteiger partial charge >= 0.3 is 0 Å². The van der Waals surface area contributed by atoms with Gasteiger partial charge in [0, 0.05) is 6.54 Å². The van der Waals surface area contributed by atoms with Gasteiger partial charge in [-0.05, 0) is 18.6 Å². The van der Waals surface area contributed by atoms with Gasteiger partial charge in [-0.3, -0.25) is 5.32 Å².